The van der Waals surface area contributed by atoms with Gasteiger partial charge in [-0.25, -0.2) is 4.79 Å². The molecule has 2 heterocycles. The van der Waals surface area contributed by atoms with Crippen LogP contribution in [0.1, 0.15) is 40.2 Å². The van der Waals surface area contributed by atoms with Gasteiger partial charge in [0.05, 0.1) is 18.8 Å². The van der Waals surface area contributed by atoms with Gasteiger partial charge in [-0.1, -0.05) is 12.1 Å². The van der Waals surface area contributed by atoms with Gasteiger partial charge in [0.25, 0.3) is 0 Å². The second kappa shape index (κ2) is 10.1. The molecule has 1 aromatic heterocycles. The van der Waals surface area contributed by atoms with Crippen LogP contribution in [0.3, 0.4) is 0 Å². The molecular weight excluding hydrogens is 396 g/mol. The molecule has 0 saturated carbocycles. The molecule has 1 saturated heterocycles. The molecule has 7 nitrogen and oxygen atoms in total. The highest BCUT2D eigenvalue weighted by atomic mass is 16.5. The Morgan fingerprint density at radius 1 is 1.32 bits per heavy atom. The Hall–Kier alpha value is -3.37. The number of hydrogen-bond donors (Lipinski definition) is 0. The number of nitrogens with zero attached hydrogens (tertiary/aromatic N) is 2. The number of hydrogen-bond acceptors (Lipinski definition) is 6. The van der Waals surface area contributed by atoms with Crippen molar-refractivity contribution in [1.29, 1.82) is 5.26 Å². The van der Waals surface area contributed by atoms with Gasteiger partial charge in [-0.05, 0) is 56.5 Å². The van der Waals surface area contributed by atoms with Crippen molar-refractivity contribution in [2.45, 2.75) is 39.3 Å². The van der Waals surface area contributed by atoms with Crippen LogP contribution in [-0.4, -0.2) is 42.7 Å². The largest absolute Gasteiger partial charge is 0.496 e. The van der Waals surface area contributed by atoms with Gasteiger partial charge in [-0.2, -0.15) is 5.26 Å². The number of aryl methyl sites for hydroxylation is 1. The fraction of sp³-hybridized carbons (Fsp3) is 0.375. The van der Waals surface area contributed by atoms with Crippen LogP contribution in [0.2, 0.25) is 0 Å². The van der Waals surface area contributed by atoms with Crippen molar-refractivity contribution in [3.05, 3.63) is 58.4 Å². The Bertz CT molecular complexity index is 1040. The molecule has 1 fully saturated rings. The zero-order valence-corrected chi connectivity index (χ0v) is 18.0. The quantitative estimate of drug-likeness (QED) is 0.279. The van der Waals surface area contributed by atoms with Gasteiger partial charge < -0.3 is 18.8 Å². The average Bonchev–Trinajstić information content (AvgIpc) is 3.39. The summed E-state index contributed by atoms with van der Waals surface area (Å²) < 4.78 is 18.1. The average molecular weight is 422 g/mol. The second-order valence-corrected chi connectivity index (χ2v) is 7.44. The number of methoxy groups -OCH3 is 1. The van der Waals surface area contributed by atoms with Gasteiger partial charge in [0.15, 0.2) is 6.61 Å². The molecule has 3 rings (SSSR count). The molecule has 0 amide bonds. The lowest BCUT2D eigenvalue weighted by atomic mass is 10.1. The summed E-state index contributed by atoms with van der Waals surface area (Å²) >= 11 is 0. The first-order valence-corrected chi connectivity index (χ1v) is 10.2. The highest BCUT2D eigenvalue weighted by molar-refractivity contribution is 6.03. The Kier molecular flexibility index (Phi) is 7.27. The van der Waals surface area contributed by atoms with Crippen molar-refractivity contribution < 1.29 is 23.8 Å². The van der Waals surface area contributed by atoms with Gasteiger partial charge in [0.2, 0.25) is 5.78 Å². The summed E-state index contributed by atoms with van der Waals surface area (Å²) in [7, 11) is 1.46. The van der Waals surface area contributed by atoms with Crippen LogP contribution in [-0.2, 0) is 20.8 Å². The van der Waals surface area contributed by atoms with E-state index in [-0.39, 0.29) is 11.7 Å². The van der Waals surface area contributed by atoms with E-state index in [0.29, 0.717) is 11.3 Å². The van der Waals surface area contributed by atoms with E-state index in [4.69, 9.17) is 14.2 Å². The minimum absolute atomic E-state index is 0.162. The van der Waals surface area contributed by atoms with E-state index in [2.05, 4.69) is 4.57 Å². The molecule has 162 valence electrons. The minimum atomic E-state index is -0.838. The van der Waals surface area contributed by atoms with Gasteiger partial charge in [0.1, 0.15) is 17.4 Å². The molecule has 2 aromatic rings. The Morgan fingerprint density at radius 2 is 2.10 bits per heavy atom. The highest BCUT2D eigenvalue weighted by Crippen LogP contribution is 2.22. The lowest BCUT2D eigenvalue weighted by Gasteiger charge is -2.14. The highest BCUT2D eigenvalue weighted by Gasteiger charge is 2.20. The fourth-order valence-electron chi connectivity index (χ4n) is 3.70. The van der Waals surface area contributed by atoms with Crippen LogP contribution in [0, 0.1) is 25.2 Å². The van der Waals surface area contributed by atoms with Crippen molar-refractivity contribution in [1.82, 2.24) is 4.57 Å². The molecule has 0 N–H and O–H groups in total. The number of ether oxygens (including phenoxy) is 3. The first-order valence-electron chi connectivity index (χ1n) is 10.2. The topological polar surface area (TPSA) is 90.5 Å². The van der Waals surface area contributed by atoms with Gasteiger partial charge in [-0.3, -0.25) is 4.79 Å². The van der Waals surface area contributed by atoms with Crippen molar-refractivity contribution in [3.8, 4) is 11.8 Å². The first kappa shape index (κ1) is 22.3. The van der Waals surface area contributed by atoms with E-state index in [9.17, 15) is 14.9 Å². The molecule has 0 unspecified atom stereocenters. The molecule has 7 heteroatoms. The van der Waals surface area contributed by atoms with E-state index >= 15 is 0 Å². The van der Waals surface area contributed by atoms with Crippen molar-refractivity contribution in [2.75, 3.05) is 20.3 Å². The predicted molar refractivity (Wildman–Crippen MR) is 115 cm³/mol. The van der Waals surface area contributed by atoms with Gasteiger partial charge in [0, 0.05) is 24.5 Å². The maximum absolute atomic E-state index is 12.4. The van der Waals surface area contributed by atoms with Crippen LogP contribution in [0.25, 0.3) is 6.08 Å². The summed E-state index contributed by atoms with van der Waals surface area (Å²) in [6.45, 7) is 4.98. The number of benzene rings is 1. The molecule has 31 heavy (non-hydrogen) atoms. The number of carbonyl (C=O) groups is 2. The SMILES string of the molecule is COc1ccccc1C(=O)COC(=O)/C(C#N)=C/c1cc(C)n(C[C@H]2CCCO2)c1C. The fourth-order valence-corrected chi connectivity index (χ4v) is 3.70. The lowest BCUT2D eigenvalue weighted by Crippen LogP contribution is -2.17. The molecule has 0 bridgehead atoms. The standard InChI is InChI=1S/C24H26N2O5/c1-16-11-18(17(2)26(16)14-20-7-6-10-30-20)12-19(13-25)24(28)31-15-22(27)21-8-4-5-9-23(21)29-3/h4-5,8-9,11-12,20H,6-7,10,14-15H2,1-3H3/b19-12+/t20-/m1/s1. The first-order chi connectivity index (χ1) is 14.9. The van der Waals surface area contributed by atoms with Crippen molar-refractivity contribution in [3.63, 3.8) is 0 Å². The van der Waals surface area contributed by atoms with Crippen molar-refractivity contribution in [2.24, 2.45) is 0 Å². The predicted octanol–water partition coefficient (Wildman–Crippen LogP) is 3.63. The van der Waals surface area contributed by atoms with E-state index in [1.807, 2.05) is 26.0 Å². The van der Waals surface area contributed by atoms with Crippen LogP contribution < -0.4 is 4.74 Å². The van der Waals surface area contributed by atoms with Crippen LogP contribution in [0.5, 0.6) is 5.75 Å². The molecule has 1 aromatic carbocycles. The van der Waals surface area contributed by atoms with Crippen LogP contribution in [0.4, 0.5) is 0 Å². The summed E-state index contributed by atoms with van der Waals surface area (Å²) in [6.07, 6.45) is 3.78. The summed E-state index contributed by atoms with van der Waals surface area (Å²) in [5.74, 6) is -0.842. The number of esters is 1. The Labute approximate surface area is 181 Å². The molecule has 0 aliphatic carbocycles. The third-order valence-corrected chi connectivity index (χ3v) is 5.40. The molecule has 1 aliphatic rings. The number of Topliss-reactive ketones (excluding diaryl/α,β-unsaturated/α-hetero) is 1. The lowest BCUT2D eigenvalue weighted by molar-refractivity contribution is -0.137. The van der Waals surface area contributed by atoms with E-state index < -0.39 is 18.4 Å². The maximum atomic E-state index is 12.4. The molecular formula is C24H26N2O5. The summed E-state index contributed by atoms with van der Waals surface area (Å²) in [5.41, 5.74) is 2.89. The number of rotatable bonds is 8. The van der Waals surface area contributed by atoms with Crippen LogP contribution in [0.15, 0.2) is 35.9 Å². The smallest absolute Gasteiger partial charge is 0.349 e. The summed E-state index contributed by atoms with van der Waals surface area (Å²) in [6, 6.07) is 10.5. The number of nitriles is 1. The van der Waals surface area contributed by atoms with E-state index in [0.717, 1.165) is 42.9 Å². The number of ketones is 1. The third-order valence-electron chi connectivity index (χ3n) is 5.40. The minimum Gasteiger partial charge on any atom is -0.496 e. The molecule has 1 atom stereocenters. The Morgan fingerprint density at radius 3 is 2.77 bits per heavy atom. The zero-order valence-electron chi connectivity index (χ0n) is 18.0. The van der Waals surface area contributed by atoms with E-state index in [1.54, 1.807) is 24.3 Å². The number of aromatic nitrogens is 1. The second-order valence-electron chi connectivity index (χ2n) is 7.44. The number of carbonyl (C=O) groups excluding carboxylic acids is 2. The van der Waals surface area contributed by atoms with Gasteiger partial charge >= 0.3 is 5.97 Å². The van der Waals surface area contributed by atoms with Gasteiger partial charge in [-0.15, -0.1) is 0 Å². The zero-order chi connectivity index (χ0) is 22.4. The number of para-hydroxylation sites is 1. The summed E-state index contributed by atoms with van der Waals surface area (Å²) in [4.78, 5) is 24.8. The molecule has 1 aliphatic heterocycles. The summed E-state index contributed by atoms with van der Waals surface area (Å²) in [5, 5.41) is 9.47. The third kappa shape index (κ3) is 5.22. The maximum Gasteiger partial charge on any atom is 0.349 e. The monoisotopic (exact) mass is 422 g/mol. The van der Waals surface area contributed by atoms with Crippen LogP contribution >= 0.6 is 0 Å². The van der Waals surface area contributed by atoms with Crippen molar-refractivity contribution >= 4 is 17.8 Å². The normalized spacial score (nSPS) is 16.1. The van der Waals surface area contributed by atoms with E-state index in [1.165, 1.54) is 13.2 Å². The Balaban J connectivity index is 1.70. The molecule has 0 radical (unpaired) electrons. The molecule has 0 spiro atoms.